The fraction of sp³-hybridized carbons (Fsp3) is 0.500. The molecular weight excluding hydrogens is 258 g/mol. The summed E-state index contributed by atoms with van der Waals surface area (Å²) in [5.41, 5.74) is 0.994. The summed E-state index contributed by atoms with van der Waals surface area (Å²) in [6, 6.07) is 3.49. The standard InChI is InChI=1S/C14H19N3O3/c1-10(11-2-6-15-7-3-11)16-14(20)17-8-4-12(5-9-17)13(18)19/h2-3,6-7,10,12H,4-5,8-9H2,1H3,(H,16,20)(H,18,19). The maximum absolute atomic E-state index is 12.1. The summed E-state index contributed by atoms with van der Waals surface area (Å²) < 4.78 is 0. The van der Waals surface area contributed by atoms with E-state index in [4.69, 9.17) is 5.11 Å². The predicted molar refractivity (Wildman–Crippen MR) is 73.1 cm³/mol. The molecule has 1 aromatic rings. The largest absolute Gasteiger partial charge is 0.481 e. The van der Waals surface area contributed by atoms with Gasteiger partial charge < -0.3 is 15.3 Å². The summed E-state index contributed by atoms with van der Waals surface area (Å²) in [5.74, 6) is -1.09. The number of carbonyl (C=O) groups excluding carboxylic acids is 1. The van der Waals surface area contributed by atoms with Crippen molar-refractivity contribution in [2.45, 2.75) is 25.8 Å². The number of nitrogens with zero attached hydrogens (tertiary/aromatic N) is 2. The third kappa shape index (κ3) is 3.46. The highest BCUT2D eigenvalue weighted by Crippen LogP contribution is 2.18. The summed E-state index contributed by atoms with van der Waals surface area (Å²) in [7, 11) is 0. The first-order chi connectivity index (χ1) is 9.58. The molecule has 1 aliphatic rings. The van der Waals surface area contributed by atoms with E-state index in [1.54, 1.807) is 17.3 Å². The SMILES string of the molecule is CC(NC(=O)N1CCC(C(=O)O)CC1)c1ccncc1. The molecule has 2 heterocycles. The summed E-state index contributed by atoms with van der Waals surface area (Å²) in [6.45, 7) is 2.90. The van der Waals surface area contributed by atoms with Crippen molar-refractivity contribution in [1.29, 1.82) is 0 Å². The fourth-order valence-corrected chi connectivity index (χ4v) is 2.34. The molecular formula is C14H19N3O3. The molecule has 6 heteroatoms. The molecule has 20 heavy (non-hydrogen) atoms. The van der Waals surface area contributed by atoms with Crippen molar-refractivity contribution in [3.63, 3.8) is 0 Å². The highest BCUT2D eigenvalue weighted by atomic mass is 16.4. The zero-order valence-corrected chi connectivity index (χ0v) is 11.5. The molecule has 1 fully saturated rings. The third-order valence-electron chi connectivity index (χ3n) is 3.68. The summed E-state index contributed by atoms with van der Waals surface area (Å²) >= 11 is 0. The van der Waals surface area contributed by atoms with Crippen molar-refractivity contribution < 1.29 is 14.7 Å². The number of hydrogen-bond donors (Lipinski definition) is 2. The number of carboxylic acid groups (broad SMARTS) is 1. The lowest BCUT2D eigenvalue weighted by Gasteiger charge is -2.31. The van der Waals surface area contributed by atoms with Crippen LogP contribution in [-0.4, -0.2) is 40.1 Å². The van der Waals surface area contributed by atoms with Crippen molar-refractivity contribution in [3.8, 4) is 0 Å². The van der Waals surface area contributed by atoms with Gasteiger partial charge in [0.25, 0.3) is 0 Å². The quantitative estimate of drug-likeness (QED) is 0.880. The number of aromatic nitrogens is 1. The molecule has 2 amide bonds. The molecule has 0 spiro atoms. The summed E-state index contributed by atoms with van der Waals surface area (Å²) in [6.07, 6.45) is 4.42. The molecule has 1 atom stereocenters. The lowest BCUT2D eigenvalue weighted by molar-refractivity contribution is -0.143. The second-order valence-corrected chi connectivity index (χ2v) is 5.05. The van der Waals surface area contributed by atoms with E-state index in [1.807, 2.05) is 19.1 Å². The van der Waals surface area contributed by atoms with E-state index < -0.39 is 5.97 Å². The molecule has 0 aliphatic carbocycles. The average molecular weight is 277 g/mol. The third-order valence-corrected chi connectivity index (χ3v) is 3.68. The number of nitrogens with one attached hydrogen (secondary N) is 1. The number of carbonyl (C=O) groups is 2. The maximum atomic E-state index is 12.1. The van der Waals surface area contributed by atoms with Gasteiger partial charge in [-0.3, -0.25) is 9.78 Å². The number of piperidine rings is 1. The Morgan fingerprint density at radius 3 is 2.50 bits per heavy atom. The van der Waals surface area contributed by atoms with Crippen molar-refractivity contribution in [1.82, 2.24) is 15.2 Å². The monoisotopic (exact) mass is 277 g/mol. The Hall–Kier alpha value is -2.11. The lowest BCUT2D eigenvalue weighted by atomic mass is 9.97. The minimum Gasteiger partial charge on any atom is -0.481 e. The van der Waals surface area contributed by atoms with E-state index in [0.29, 0.717) is 25.9 Å². The molecule has 0 saturated carbocycles. The smallest absolute Gasteiger partial charge is 0.317 e. The first-order valence-corrected chi connectivity index (χ1v) is 6.76. The number of rotatable bonds is 3. The molecule has 1 unspecified atom stereocenters. The van der Waals surface area contributed by atoms with Crippen LogP contribution in [0.2, 0.25) is 0 Å². The second kappa shape index (κ2) is 6.36. The van der Waals surface area contributed by atoms with E-state index in [0.717, 1.165) is 5.56 Å². The number of likely N-dealkylation sites (tertiary alicyclic amines) is 1. The van der Waals surface area contributed by atoms with Gasteiger partial charge in [-0.2, -0.15) is 0 Å². The van der Waals surface area contributed by atoms with Crippen molar-refractivity contribution >= 4 is 12.0 Å². The van der Waals surface area contributed by atoms with Crippen LogP contribution in [0.5, 0.6) is 0 Å². The van der Waals surface area contributed by atoms with Gasteiger partial charge in [0.1, 0.15) is 0 Å². The van der Waals surface area contributed by atoms with Crippen LogP contribution < -0.4 is 5.32 Å². The molecule has 1 saturated heterocycles. The van der Waals surface area contributed by atoms with Crippen LogP contribution in [0, 0.1) is 5.92 Å². The zero-order valence-electron chi connectivity index (χ0n) is 11.5. The number of amides is 2. The van der Waals surface area contributed by atoms with Crippen LogP contribution in [0.15, 0.2) is 24.5 Å². The second-order valence-electron chi connectivity index (χ2n) is 5.05. The zero-order chi connectivity index (χ0) is 14.5. The minimum absolute atomic E-state index is 0.0947. The minimum atomic E-state index is -0.768. The van der Waals surface area contributed by atoms with E-state index in [-0.39, 0.29) is 18.0 Å². The highest BCUT2D eigenvalue weighted by Gasteiger charge is 2.27. The number of aliphatic carboxylic acids is 1. The van der Waals surface area contributed by atoms with Crippen LogP contribution in [0.4, 0.5) is 4.79 Å². The predicted octanol–water partition coefficient (Wildman–Crippen LogP) is 1.65. The Labute approximate surface area is 117 Å². The molecule has 1 aliphatic heterocycles. The lowest BCUT2D eigenvalue weighted by Crippen LogP contribution is -2.46. The number of hydrogen-bond acceptors (Lipinski definition) is 3. The number of pyridine rings is 1. The van der Waals surface area contributed by atoms with Crippen LogP contribution in [-0.2, 0) is 4.79 Å². The normalized spacial score (nSPS) is 17.6. The van der Waals surface area contributed by atoms with Gasteiger partial charge in [-0.1, -0.05) is 0 Å². The molecule has 1 aromatic heterocycles. The van der Waals surface area contributed by atoms with Gasteiger partial charge in [-0.25, -0.2) is 4.79 Å². The molecule has 0 aromatic carbocycles. The van der Waals surface area contributed by atoms with E-state index >= 15 is 0 Å². The molecule has 108 valence electrons. The van der Waals surface area contributed by atoms with Gasteiger partial charge in [-0.05, 0) is 37.5 Å². The van der Waals surface area contributed by atoms with Crippen LogP contribution in [0.1, 0.15) is 31.4 Å². The Morgan fingerprint density at radius 2 is 1.95 bits per heavy atom. The number of carboxylic acids is 1. The van der Waals surface area contributed by atoms with E-state index in [2.05, 4.69) is 10.3 Å². The summed E-state index contributed by atoms with van der Waals surface area (Å²) in [5, 5.41) is 11.9. The van der Waals surface area contributed by atoms with Gasteiger partial charge >= 0.3 is 12.0 Å². The number of urea groups is 1. The van der Waals surface area contributed by atoms with Gasteiger partial charge in [0, 0.05) is 25.5 Å². The topological polar surface area (TPSA) is 82.5 Å². The van der Waals surface area contributed by atoms with Crippen LogP contribution >= 0.6 is 0 Å². The van der Waals surface area contributed by atoms with Gasteiger partial charge in [-0.15, -0.1) is 0 Å². The van der Waals surface area contributed by atoms with E-state index in [9.17, 15) is 9.59 Å². The van der Waals surface area contributed by atoms with Crippen LogP contribution in [0.3, 0.4) is 0 Å². The maximum Gasteiger partial charge on any atom is 0.317 e. The van der Waals surface area contributed by atoms with Gasteiger partial charge in [0.15, 0.2) is 0 Å². The summed E-state index contributed by atoms with van der Waals surface area (Å²) in [4.78, 5) is 28.6. The first-order valence-electron chi connectivity index (χ1n) is 6.76. The Morgan fingerprint density at radius 1 is 1.35 bits per heavy atom. The van der Waals surface area contributed by atoms with Gasteiger partial charge in [0.05, 0.1) is 12.0 Å². The van der Waals surface area contributed by atoms with Gasteiger partial charge in [0.2, 0.25) is 0 Å². The van der Waals surface area contributed by atoms with Crippen molar-refractivity contribution in [3.05, 3.63) is 30.1 Å². The Balaban J connectivity index is 1.85. The highest BCUT2D eigenvalue weighted by molar-refractivity contribution is 5.75. The van der Waals surface area contributed by atoms with Crippen LogP contribution in [0.25, 0.3) is 0 Å². The molecule has 2 N–H and O–H groups in total. The fourth-order valence-electron chi connectivity index (χ4n) is 2.34. The molecule has 0 radical (unpaired) electrons. The average Bonchev–Trinajstić information content (AvgIpc) is 2.48. The Kier molecular flexibility index (Phi) is 4.55. The molecule has 0 bridgehead atoms. The first kappa shape index (κ1) is 14.3. The molecule has 6 nitrogen and oxygen atoms in total. The van der Waals surface area contributed by atoms with E-state index in [1.165, 1.54) is 0 Å². The van der Waals surface area contributed by atoms with Crippen molar-refractivity contribution in [2.75, 3.05) is 13.1 Å². The molecule has 2 rings (SSSR count). The Bertz CT molecular complexity index is 470. The van der Waals surface area contributed by atoms with Crippen molar-refractivity contribution in [2.24, 2.45) is 5.92 Å².